The van der Waals surface area contributed by atoms with E-state index in [0.717, 1.165) is 0 Å². The van der Waals surface area contributed by atoms with E-state index in [1.165, 1.54) is 0 Å². The molecule has 14 heavy (non-hydrogen) atoms. The van der Waals surface area contributed by atoms with Gasteiger partial charge in [0.25, 0.3) is 0 Å². The van der Waals surface area contributed by atoms with Crippen LogP contribution in [0.25, 0.3) is 0 Å². The number of rotatable bonds is 3. The van der Waals surface area contributed by atoms with Crippen LogP contribution in [0.5, 0.6) is 0 Å². The highest BCUT2D eigenvalue weighted by atomic mass is 32.1. The molecule has 0 saturated carbocycles. The van der Waals surface area contributed by atoms with Gasteiger partial charge in [0.1, 0.15) is 0 Å². The van der Waals surface area contributed by atoms with Crippen molar-refractivity contribution in [3.63, 3.8) is 0 Å². The van der Waals surface area contributed by atoms with Crippen molar-refractivity contribution in [1.82, 2.24) is 21.5 Å². The molecular formula is C8H16N4S2. The first-order valence-corrected chi connectivity index (χ1v) is 5.09. The number of hydrogen-bond donors (Lipinski definition) is 4. The van der Waals surface area contributed by atoms with Crippen LogP contribution in [0.4, 0.5) is 0 Å². The van der Waals surface area contributed by atoms with Crippen LogP contribution in [0.2, 0.25) is 0 Å². The first-order valence-electron chi connectivity index (χ1n) is 4.27. The molecule has 0 aliphatic heterocycles. The van der Waals surface area contributed by atoms with Crippen molar-refractivity contribution in [1.29, 1.82) is 0 Å². The zero-order chi connectivity index (χ0) is 11.0. The summed E-state index contributed by atoms with van der Waals surface area (Å²) in [4.78, 5) is 0. The van der Waals surface area contributed by atoms with Crippen LogP contribution < -0.4 is 21.5 Å². The average Bonchev–Trinajstić information content (AvgIpc) is 2.10. The second kappa shape index (κ2) is 7.52. The average molecular weight is 232 g/mol. The standard InChI is InChI=1S/C8H16N4S2/c1-4-5-9-7(13)11-12-8(14)10-6(2)3/h4,6H,1,5H2,2-3H3,(H2,9,11,13)(H2,10,12,14). The molecule has 0 spiro atoms. The highest BCUT2D eigenvalue weighted by molar-refractivity contribution is 7.80. The van der Waals surface area contributed by atoms with Gasteiger partial charge in [0, 0.05) is 12.6 Å². The summed E-state index contributed by atoms with van der Waals surface area (Å²) >= 11 is 9.90. The third-order valence-corrected chi connectivity index (χ3v) is 1.58. The normalized spacial score (nSPS) is 9.07. The molecule has 6 heteroatoms. The Morgan fingerprint density at radius 1 is 1.29 bits per heavy atom. The molecule has 0 atom stereocenters. The number of nitrogens with one attached hydrogen (secondary N) is 4. The maximum Gasteiger partial charge on any atom is 0.185 e. The summed E-state index contributed by atoms with van der Waals surface area (Å²) in [6.07, 6.45) is 1.72. The van der Waals surface area contributed by atoms with E-state index >= 15 is 0 Å². The monoisotopic (exact) mass is 232 g/mol. The Hall–Kier alpha value is -0.880. The van der Waals surface area contributed by atoms with Gasteiger partial charge in [-0.2, -0.15) is 0 Å². The molecule has 0 aromatic rings. The smallest absolute Gasteiger partial charge is 0.185 e. The van der Waals surface area contributed by atoms with Crippen LogP contribution in [-0.2, 0) is 0 Å². The van der Waals surface area contributed by atoms with E-state index in [2.05, 4.69) is 28.1 Å². The summed E-state index contributed by atoms with van der Waals surface area (Å²) in [6.45, 7) is 8.19. The van der Waals surface area contributed by atoms with Crippen LogP contribution >= 0.6 is 24.4 Å². The van der Waals surface area contributed by atoms with Crippen LogP contribution in [0.3, 0.4) is 0 Å². The fourth-order valence-corrected chi connectivity index (χ4v) is 1.04. The lowest BCUT2D eigenvalue weighted by molar-refractivity contribution is 0.701. The van der Waals surface area contributed by atoms with Crippen molar-refractivity contribution in [2.24, 2.45) is 0 Å². The van der Waals surface area contributed by atoms with Crippen molar-refractivity contribution in [2.45, 2.75) is 19.9 Å². The first-order chi connectivity index (χ1) is 6.56. The predicted octanol–water partition coefficient (Wildman–Crippen LogP) is 0.424. The highest BCUT2D eigenvalue weighted by Gasteiger charge is 1.97. The molecule has 0 amide bonds. The number of hydrogen-bond acceptors (Lipinski definition) is 2. The lowest BCUT2D eigenvalue weighted by Crippen LogP contribution is -2.51. The van der Waals surface area contributed by atoms with Crippen molar-refractivity contribution in [2.75, 3.05) is 6.54 Å². The Balaban J connectivity index is 3.55. The minimum absolute atomic E-state index is 0.298. The minimum atomic E-state index is 0.298. The van der Waals surface area contributed by atoms with Crippen LogP contribution in [0, 0.1) is 0 Å². The topological polar surface area (TPSA) is 48.1 Å². The van der Waals surface area contributed by atoms with E-state index in [1.54, 1.807) is 6.08 Å². The van der Waals surface area contributed by atoms with Gasteiger partial charge in [-0.25, -0.2) is 0 Å². The van der Waals surface area contributed by atoms with Gasteiger partial charge in [-0.15, -0.1) is 6.58 Å². The first kappa shape index (κ1) is 13.1. The SMILES string of the molecule is C=CCNC(=S)NNC(=S)NC(C)C. The molecule has 4 N–H and O–H groups in total. The summed E-state index contributed by atoms with van der Waals surface area (Å²) in [7, 11) is 0. The Bertz CT molecular complexity index is 215. The van der Waals surface area contributed by atoms with Gasteiger partial charge in [0.05, 0.1) is 0 Å². The summed E-state index contributed by atoms with van der Waals surface area (Å²) < 4.78 is 0. The van der Waals surface area contributed by atoms with Crippen molar-refractivity contribution < 1.29 is 0 Å². The lowest BCUT2D eigenvalue weighted by Gasteiger charge is -2.15. The highest BCUT2D eigenvalue weighted by Crippen LogP contribution is 1.75. The van der Waals surface area contributed by atoms with Crippen molar-refractivity contribution in [3.8, 4) is 0 Å². The van der Waals surface area contributed by atoms with E-state index in [-0.39, 0.29) is 0 Å². The molecule has 0 unspecified atom stereocenters. The molecule has 0 aromatic heterocycles. The summed E-state index contributed by atoms with van der Waals surface area (Å²) in [5.74, 6) is 0. The van der Waals surface area contributed by atoms with Gasteiger partial charge in [0.15, 0.2) is 10.2 Å². The quantitative estimate of drug-likeness (QED) is 0.321. The van der Waals surface area contributed by atoms with Gasteiger partial charge in [-0.05, 0) is 38.3 Å². The number of thiocarbonyl (C=S) groups is 2. The van der Waals surface area contributed by atoms with Crippen LogP contribution in [0.15, 0.2) is 12.7 Å². The molecule has 0 fully saturated rings. The molecule has 0 aliphatic rings. The molecule has 0 aliphatic carbocycles. The Labute approximate surface area is 95.5 Å². The van der Waals surface area contributed by atoms with Crippen LogP contribution in [0.1, 0.15) is 13.8 Å². The molecule has 4 nitrogen and oxygen atoms in total. The zero-order valence-corrected chi connectivity index (χ0v) is 10.0. The Morgan fingerprint density at radius 2 is 1.86 bits per heavy atom. The maximum absolute atomic E-state index is 4.97. The molecule has 0 rings (SSSR count). The minimum Gasteiger partial charge on any atom is -0.359 e. The third-order valence-electron chi connectivity index (χ3n) is 1.12. The summed E-state index contributed by atoms with van der Waals surface area (Å²) in [5, 5.41) is 6.90. The molecule has 0 heterocycles. The molecule has 0 radical (unpaired) electrons. The Morgan fingerprint density at radius 3 is 2.36 bits per heavy atom. The fourth-order valence-electron chi connectivity index (χ4n) is 0.621. The van der Waals surface area contributed by atoms with E-state index in [0.29, 0.717) is 22.8 Å². The van der Waals surface area contributed by atoms with Gasteiger partial charge >= 0.3 is 0 Å². The molecule has 0 aromatic carbocycles. The largest absolute Gasteiger partial charge is 0.359 e. The predicted molar refractivity (Wildman–Crippen MR) is 67.9 cm³/mol. The third kappa shape index (κ3) is 7.75. The second-order valence-corrected chi connectivity index (χ2v) is 3.69. The maximum atomic E-state index is 4.97. The van der Waals surface area contributed by atoms with Crippen LogP contribution in [-0.4, -0.2) is 22.8 Å². The van der Waals surface area contributed by atoms with E-state index in [4.69, 9.17) is 24.4 Å². The summed E-state index contributed by atoms with van der Waals surface area (Å²) in [6, 6.07) is 0.298. The molecule has 0 saturated heterocycles. The van der Waals surface area contributed by atoms with Crippen molar-refractivity contribution in [3.05, 3.63) is 12.7 Å². The molecule has 0 bridgehead atoms. The van der Waals surface area contributed by atoms with E-state index in [9.17, 15) is 0 Å². The van der Waals surface area contributed by atoms with Gasteiger partial charge in [-0.3, -0.25) is 10.9 Å². The second-order valence-electron chi connectivity index (χ2n) is 2.88. The molecular weight excluding hydrogens is 216 g/mol. The van der Waals surface area contributed by atoms with E-state index < -0.39 is 0 Å². The summed E-state index contributed by atoms with van der Waals surface area (Å²) in [5.41, 5.74) is 5.50. The van der Waals surface area contributed by atoms with Gasteiger partial charge in [-0.1, -0.05) is 6.08 Å². The Kier molecular flexibility index (Phi) is 7.04. The van der Waals surface area contributed by atoms with Crippen molar-refractivity contribution >= 4 is 34.7 Å². The molecule has 80 valence electrons. The lowest BCUT2D eigenvalue weighted by atomic mass is 10.4. The zero-order valence-electron chi connectivity index (χ0n) is 8.39. The van der Waals surface area contributed by atoms with Gasteiger partial charge in [0.2, 0.25) is 0 Å². The fraction of sp³-hybridized carbons (Fsp3) is 0.500. The number of hydrazine groups is 1. The van der Waals surface area contributed by atoms with Gasteiger partial charge < -0.3 is 10.6 Å². The van der Waals surface area contributed by atoms with E-state index in [1.807, 2.05) is 13.8 Å².